The summed E-state index contributed by atoms with van der Waals surface area (Å²) in [5.41, 5.74) is 1.26. The van der Waals surface area contributed by atoms with Gasteiger partial charge in [0, 0.05) is 43.7 Å². The number of aromatic nitrogens is 2. The predicted molar refractivity (Wildman–Crippen MR) is 66.6 cm³/mol. The summed E-state index contributed by atoms with van der Waals surface area (Å²) in [4.78, 5) is 13.6. The Balaban J connectivity index is 1.87. The lowest BCUT2D eigenvalue weighted by molar-refractivity contribution is -0.121. The average molecular weight is 235 g/mol. The van der Waals surface area contributed by atoms with Crippen LogP contribution >= 0.6 is 0 Å². The third-order valence-corrected chi connectivity index (χ3v) is 3.58. The van der Waals surface area contributed by atoms with Gasteiger partial charge >= 0.3 is 0 Å². The van der Waals surface area contributed by atoms with E-state index in [4.69, 9.17) is 0 Å². The second-order valence-electron chi connectivity index (χ2n) is 4.89. The maximum absolute atomic E-state index is 11.2. The molecular formula is C13H21N3O. The maximum atomic E-state index is 11.2. The number of ketones is 1. The highest BCUT2D eigenvalue weighted by Gasteiger charge is 2.22. The number of carbonyl (C=O) groups excluding carboxylic acids is 1. The molecule has 1 fully saturated rings. The quantitative estimate of drug-likeness (QED) is 0.799. The minimum Gasteiger partial charge on any atom is -0.300 e. The third-order valence-electron chi connectivity index (χ3n) is 3.58. The van der Waals surface area contributed by atoms with Crippen molar-refractivity contribution in [1.82, 2.24) is 14.7 Å². The average Bonchev–Trinajstić information content (AvgIpc) is 2.77. The second kappa shape index (κ2) is 5.45. The highest BCUT2D eigenvalue weighted by atomic mass is 16.1. The van der Waals surface area contributed by atoms with Gasteiger partial charge in [-0.1, -0.05) is 0 Å². The first kappa shape index (κ1) is 12.3. The lowest BCUT2D eigenvalue weighted by Gasteiger charge is -2.30. The summed E-state index contributed by atoms with van der Waals surface area (Å²) in [7, 11) is 2.14. The molecule has 1 saturated carbocycles. The molecular weight excluding hydrogens is 214 g/mol. The van der Waals surface area contributed by atoms with E-state index in [2.05, 4.69) is 30.2 Å². The Labute approximate surface area is 103 Å². The van der Waals surface area contributed by atoms with Gasteiger partial charge in [-0.15, -0.1) is 0 Å². The summed E-state index contributed by atoms with van der Waals surface area (Å²) in [5, 5.41) is 4.28. The summed E-state index contributed by atoms with van der Waals surface area (Å²) in [6, 6.07) is 0.553. The number of hydrogen-bond donors (Lipinski definition) is 0. The van der Waals surface area contributed by atoms with Crippen LogP contribution in [0, 0.1) is 0 Å². The van der Waals surface area contributed by atoms with E-state index in [1.807, 2.05) is 10.9 Å². The van der Waals surface area contributed by atoms with Crippen LogP contribution < -0.4 is 0 Å². The Kier molecular flexibility index (Phi) is 3.94. The molecule has 0 amide bonds. The van der Waals surface area contributed by atoms with E-state index in [1.165, 1.54) is 5.56 Å². The van der Waals surface area contributed by atoms with Gasteiger partial charge in [0.05, 0.1) is 6.20 Å². The number of carbonyl (C=O) groups is 1. The fraction of sp³-hybridized carbons (Fsp3) is 0.692. The Morgan fingerprint density at radius 1 is 1.47 bits per heavy atom. The van der Waals surface area contributed by atoms with Gasteiger partial charge in [-0.05, 0) is 26.8 Å². The number of aryl methyl sites for hydroxylation is 1. The maximum Gasteiger partial charge on any atom is 0.133 e. The first-order valence-corrected chi connectivity index (χ1v) is 6.42. The first-order chi connectivity index (χ1) is 8.19. The van der Waals surface area contributed by atoms with Crippen LogP contribution in [0.5, 0.6) is 0 Å². The van der Waals surface area contributed by atoms with Crippen molar-refractivity contribution in [2.45, 2.75) is 51.7 Å². The van der Waals surface area contributed by atoms with Crippen LogP contribution in [0.1, 0.15) is 38.2 Å². The van der Waals surface area contributed by atoms with E-state index in [1.54, 1.807) is 0 Å². The van der Waals surface area contributed by atoms with Gasteiger partial charge in [0.1, 0.15) is 5.78 Å². The van der Waals surface area contributed by atoms with Gasteiger partial charge in [0.15, 0.2) is 0 Å². The van der Waals surface area contributed by atoms with Crippen molar-refractivity contribution >= 4 is 5.78 Å². The SMILES string of the molecule is CCn1cc(CN(C)C2CCC(=O)CC2)cn1. The molecule has 4 heteroatoms. The zero-order chi connectivity index (χ0) is 12.3. The molecule has 0 aromatic carbocycles. The zero-order valence-corrected chi connectivity index (χ0v) is 10.7. The predicted octanol–water partition coefficient (Wildman–Crippen LogP) is 1.85. The van der Waals surface area contributed by atoms with Crippen LogP contribution in [0.3, 0.4) is 0 Å². The highest BCUT2D eigenvalue weighted by Crippen LogP contribution is 2.20. The Bertz CT molecular complexity index is 376. The molecule has 0 saturated heterocycles. The summed E-state index contributed by atoms with van der Waals surface area (Å²) < 4.78 is 1.95. The second-order valence-corrected chi connectivity index (χ2v) is 4.89. The van der Waals surface area contributed by atoms with E-state index in [0.717, 1.165) is 38.8 Å². The molecule has 0 N–H and O–H groups in total. The number of rotatable bonds is 4. The molecule has 1 aliphatic carbocycles. The molecule has 4 nitrogen and oxygen atoms in total. The molecule has 0 unspecified atom stereocenters. The molecule has 0 radical (unpaired) electrons. The largest absolute Gasteiger partial charge is 0.300 e. The Morgan fingerprint density at radius 2 is 2.18 bits per heavy atom. The zero-order valence-electron chi connectivity index (χ0n) is 10.7. The van der Waals surface area contributed by atoms with E-state index >= 15 is 0 Å². The van der Waals surface area contributed by atoms with Crippen molar-refractivity contribution < 1.29 is 4.79 Å². The molecule has 0 bridgehead atoms. The van der Waals surface area contributed by atoms with Crippen LogP contribution in [0.15, 0.2) is 12.4 Å². The lowest BCUT2D eigenvalue weighted by atomic mass is 9.93. The fourth-order valence-corrected chi connectivity index (χ4v) is 2.44. The smallest absolute Gasteiger partial charge is 0.133 e. The minimum atomic E-state index is 0.424. The molecule has 1 aliphatic rings. The Morgan fingerprint density at radius 3 is 2.76 bits per heavy atom. The van der Waals surface area contributed by atoms with E-state index in [9.17, 15) is 4.79 Å². The van der Waals surface area contributed by atoms with E-state index < -0.39 is 0 Å². The van der Waals surface area contributed by atoms with Crippen molar-refractivity contribution in [2.75, 3.05) is 7.05 Å². The summed E-state index contributed by atoms with van der Waals surface area (Å²) in [6.45, 7) is 3.94. The van der Waals surface area contributed by atoms with Gasteiger partial charge in [-0.25, -0.2) is 0 Å². The molecule has 0 atom stereocenters. The minimum absolute atomic E-state index is 0.424. The highest BCUT2D eigenvalue weighted by molar-refractivity contribution is 5.79. The number of nitrogens with zero attached hydrogens (tertiary/aromatic N) is 3. The van der Waals surface area contributed by atoms with Crippen LogP contribution in [0.4, 0.5) is 0 Å². The Hall–Kier alpha value is -1.16. The van der Waals surface area contributed by atoms with E-state index in [0.29, 0.717) is 11.8 Å². The number of hydrogen-bond acceptors (Lipinski definition) is 3. The van der Waals surface area contributed by atoms with Crippen molar-refractivity contribution in [2.24, 2.45) is 0 Å². The summed E-state index contributed by atoms with van der Waals surface area (Å²) in [6.07, 6.45) is 7.57. The first-order valence-electron chi connectivity index (χ1n) is 6.42. The standard InChI is InChI=1S/C13H21N3O/c1-3-16-10-11(8-14-16)9-15(2)12-4-6-13(17)7-5-12/h8,10,12H,3-7,9H2,1-2H3. The van der Waals surface area contributed by atoms with Crippen molar-refractivity contribution in [3.05, 3.63) is 18.0 Å². The molecule has 2 rings (SSSR count). The molecule has 0 aliphatic heterocycles. The molecule has 1 aromatic heterocycles. The van der Waals surface area contributed by atoms with Gasteiger partial charge in [-0.3, -0.25) is 14.4 Å². The fourth-order valence-electron chi connectivity index (χ4n) is 2.44. The van der Waals surface area contributed by atoms with Crippen molar-refractivity contribution in [3.63, 3.8) is 0 Å². The van der Waals surface area contributed by atoms with Crippen molar-refractivity contribution in [3.8, 4) is 0 Å². The van der Waals surface area contributed by atoms with E-state index in [-0.39, 0.29) is 0 Å². The topological polar surface area (TPSA) is 38.1 Å². The van der Waals surface area contributed by atoms with Crippen LogP contribution in [0.2, 0.25) is 0 Å². The van der Waals surface area contributed by atoms with Gasteiger partial charge in [0.2, 0.25) is 0 Å². The molecule has 0 spiro atoms. The van der Waals surface area contributed by atoms with Gasteiger partial charge in [-0.2, -0.15) is 5.10 Å². The third kappa shape index (κ3) is 3.16. The lowest BCUT2D eigenvalue weighted by Crippen LogP contribution is -2.34. The van der Waals surface area contributed by atoms with Crippen LogP contribution in [-0.2, 0) is 17.9 Å². The molecule has 1 aromatic rings. The normalized spacial score (nSPS) is 17.9. The van der Waals surface area contributed by atoms with Gasteiger partial charge in [0.25, 0.3) is 0 Å². The monoisotopic (exact) mass is 235 g/mol. The van der Waals surface area contributed by atoms with Gasteiger partial charge < -0.3 is 0 Å². The summed E-state index contributed by atoms with van der Waals surface area (Å²) >= 11 is 0. The molecule has 94 valence electrons. The van der Waals surface area contributed by atoms with Crippen LogP contribution in [0.25, 0.3) is 0 Å². The molecule has 1 heterocycles. The van der Waals surface area contributed by atoms with Crippen molar-refractivity contribution in [1.29, 1.82) is 0 Å². The molecule has 17 heavy (non-hydrogen) atoms. The number of Topliss-reactive ketones (excluding diaryl/α,β-unsaturated/α-hetero) is 1. The van der Waals surface area contributed by atoms with Crippen LogP contribution in [-0.4, -0.2) is 33.6 Å². The summed E-state index contributed by atoms with van der Waals surface area (Å²) in [5.74, 6) is 0.424.